The van der Waals surface area contributed by atoms with Gasteiger partial charge in [0, 0.05) is 12.6 Å². The molecule has 2 N–H and O–H groups in total. The zero-order valence-electron chi connectivity index (χ0n) is 10.9. The number of amides is 1. The van der Waals surface area contributed by atoms with Crippen LogP contribution in [0.2, 0.25) is 0 Å². The second-order valence-corrected chi connectivity index (χ2v) is 5.06. The summed E-state index contributed by atoms with van der Waals surface area (Å²) in [6.45, 7) is 3.37. The molecule has 1 aromatic rings. The normalized spacial score (nSPS) is 23.1. The SMILES string of the molecule is CC1CCC(CNC(=O)c2c(F)cccc2F)CN1. The predicted octanol–water partition coefficient (Wildman–Crippen LogP) is 2.08. The Bertz CT molecular complexity index is 437. The van der Waals surface area contributed by atoms with Crippen LogP contribution in [0.1, 0.15) is 30.1 Å². The van der Waals surface area contributed by atoms with E-state index in [4.69, 9.17) is 0 Å². The van der Waals surface area contributed by atoms with Crippen LogP contribution in [0.3, 0.4) is 0 Å². The number of piperidine rings is 1. The van der Waals surface area contributed by atoms with Gasteiger partial charge in [-0.15, -0.1) is 0 Å². The highest BCUT2D eigenvalue weighted by atomic mass is 19.1. The van der Waals surface area contributed by atoms with Gasteiger partial charge in [-0.05, 0) is 44.4 Å². The van der Waals surface area contributed by atoms with Crippen molar-refractivity contribution in [2.45, 2.75) is 25.8 Å². The van der Waals surface area contributed by atoms with Crippen molar-refractivity contribution in [1.82, 2.24) is 10.6 Å². The lowest BCUT2D eigenvalue weighted by molar-refractivity contribution is 0.0935. The van der Waals surface area contributed by atoms with E-state index in [1.54, 1.807) is 0 Å². The van der Waals surface area contributed by atoms with Gasteiger partial charge in [-0.3, -0.25) is 4.79 Å². The summed E-state index contributed by atoms with van der Waals surface area (Å²) in [6.07, 6.45) is 2.06. The number of nitrogens with one attached hydrogen (secondary N) is 2. The van der Waals surface area contributed by atoms with Gasteiger partial charge in [-0.2, -0.15) is 0 Å². The zero-order chi connectivity index (χ0) is 13.8. The van der Waals surface area contributed by atoms with Crippen molar-refractivity contribution < 1.29 is 13.6 Å². The first-order valence-electron chi connectivity index (χ1n) is 6.53. The third-order valence-electron chi connectivity index (χ3n) is 3.50. The molecule has 2 unspecified atom stereocenters. The minimum absolute atomic E-state index is 0.315. The highest BCUT2D eigenvalue weighted by molar-refractivity contribution is 5.94. The van der Waals surface area contributed by atoms with Crippen LogP contribution in [0.25, 0.3) is 0 Å². The second kappa shape index (κ2) is 6.10. The summed E-state index contributed by atoms with van der Waals surface area (Å²) in [7, 11) is 0. The quantitative estimate of drug-likeness (QED) is 0.881. The van der Waals surface area contributed by atoms with Gasteiger partial charge in [0.1, 0.15) is 17.2 Å². The number of benzene rings is 1. The summed E-state index contributed by atoms with van der Waals surface area (Å²) in [5, 5.41) is 5.93. The molecule has 1 aliphatic heterocycles. The van der Waals surface area contributed by atoms with E-state index in [1.165, 1.54) is 6.07 Å². The Morgan fingerprint density at radius 2 is 2.05 bits per heavy atom. The van der Waals surface area contributed by atoms with Crippen molar-refractivity contribution in [2.24, 2.45) is 5.92 Å². The summed E-state index contributed by atoms with van der Waals surface area (Å²) in [5.41, 5.74) is -0.500. The topological polar surface area (TPSA) is 41.1 Å². The number of hydrogen-bond acceptors (Lipinski definition) is 2. The van der Waals surface area contributed by atoms with E-state index in [2.05, 4.69) is 17.6 Å². The Kier molecular flexibility index (Phi) is 4.47. The van der Waals surface area contributed by atoms with Crippen molar-refractivity contribution in [2.75, 3.05) is 13.1 Å². The summed E-state index contributed by atoms with van der Waals surface area (Å²) < 4.78 is 26.8. The lowest BCUT2D eigenvalue weighted by Gasteiger charge is -2.27. The molecular weight excluding hydrogens is 250 g/mol. The molecule has 1 aromatic carbocycles. The van der Waals surface area contributed by atoms with Gasteiger partial charge in [0.25, 0.3) is 5.91 Å². The van der Waals surface area contributed by atoms with Gasteiger partial charge in [0.15, 0.2) is 0 Å². The molecule has 2 rings (SSSR count). The molecule has 0 aromatic heterocycles. The monoisotopic (exact) mass is 268 g/mol. The fourth-order valence-corrected chi connectivity index (χ4v) is 2.27. The van der Waals surface area contributed by atoms with Crippen LogP contribution in [0, 0.1) is 17.6 Å². The lowest BCUT2D eigenvalue weighted by atomic mass is 9.95. The standard InChI is InChI=1S/C14H18F2N2O/c1-9-5-6-10(7-17-9)8-18-14(19)13-11(15)3-2-4-12(13)16/h2-4,9-10,17H,5-8H2,1H3,(H,18,19). The molecule has 104 valence electrons. The maximum Gasteiger partial charge on any atom is 0.257 e. The number of rotatable bonds is 3. The molecule has 3 nitrogen and oxygen atoms in total. The molecule has 2 atom stereocenters. The minimum Gasteiger partial charge on any atom is -0.352 e. The molecular formula is C14H18F2N2O. The summed E-state index contributed by atoms with van der Waals surface area (Å²) >= 11 is 0. The van der Waals surface area contributed by atoms with E-state index in [0.717, 1.165) is 31.5 Å². The first-order valence-corrected chi connectivity index (χ1v) is 6.53. The average Bonchev–Trinajstić information content (AvgIpc) is 2.38. The Morgan fingerprint density at radius 3 is 2.63 bits per heavy atom. The van der Waals surface area contributed by atoms with E-state index in [9.17, 15) is 13.6 Å². The highest BCUT2D eigenvalue weighted by Crippen LogP contribution is 2.15. The summed E-state index contributed by atoms with van der Waals surface area (Å²) in [6, 6.07) is 3.91. The van der Waals surface area contributed by atoms with Gasteiger partial charge < -0.3 is 10.6 Å². The van der Waals surface area contributed by atoms with Gasteiger partial charge in [-0.25, -0.2) is 8.78 Å². The third kappa shape index (κ3) is 3.50. The van der Waals surface area contributed by atoms with E-state index in [-0.39, 0.29) is 0 Å². The number of carbonyl (C=O) groups excluding carboxylic acids is 1. The number of hydrogen-bond donors (Lipinski definition) is 2. The van der Waals surface area contributed by atoms with Crippen molar-refractivity contribution >= 4 is 5.91 Å². The second-order valence-electron chi connectivity index (χ2n) is 5.06. The van der Waals surface area contributed by atoms with E-state index in [1.807, 2.05) is 0 Å². The molecule has 0 bridgehead atoms. The van der Waals surface area contributed by atoms with Crippen LogP contribution < -0.4 is 10.6 Å². The summed E-state index contributed by atoms with van der Waals surface area (Å²) in [5.74, 6) is -2.02. The predicted molar refractivity (Wildman–Crippen MR) is 68.9 cm³/mol. The van der Waals surface area contributed by atoms with Crippen molar-refractivity contribution in [1.29, 1.82) is 0 Å². The van der Waals surface area contributed by atoms with Gasteiger partial charge in [-0.1, -0.05) is 6.07 Å². The van der Waals surface area contributed by atoms with Gasteiger partial charge in [0.2, 0.25) is 0 Å². The van der Waals surface area contributed by atoms with Crippen LogP contribution in [0.4, 0.5) is 8.78 Å². The molecule has 0 radical (unpaired) electrons. The molecule has 5 heteroatoms. The molecule has 1 heterocycles. The maximum atomic E-state index is 13.4. The van der Waals surface area contributed by atoms with E-state index >= 15 is 0 Å². The van der Waals surface area contributed by atoms with E-state index in [0.29, 0.717) is 18.5 Å². The Morgan fingerprint density at radius 1 is 1.37 bits per heavy atom. The number of halogens is 2. The van der Waals surface area contributed by atoms with Gasteiger partial charge >= 0.3 is 0 Å². The van der Waals surface area contributed by atoms with Gasteiger partial charge in [0.05, 0.1) is 0 Å². The van der Waals surface area contributed by atoms with Crippen LogP contribution in [-0.4, -0.2) is 25.0 Å². The molecule has 0 saturated carbocycles. The third-order valence-corrected chi connectivity index (χ3v) is 3.50. The first kappa shape index (κ1) is 13.9. The largest absolute Gasteiger partial charge is 0.352 e. The fraction of sp³-hybridized carbons (Fsp3) is 0.500. The average molecular weight is 268 g/mol. The lowest BCUT2D eigenvalue weighted by Crippen LogP contribution is -2.42. The molecule has 0 aliphatic carbocycles. The molecule has 1 fully saturated rings. The Balaban J connectivity index is 1.91. The van der Waals surface area contributed by atoms with Crippen molar-refractivity contribution in [3.05, 3.63) is 35.4 Å². The molecule has 1 aliphatic rings. The van der Waals surface area contributed by atoms with Crippen LogP contribution >= 0.6 is 0 Å². The van der Waals surface area contributed by atoms with Crippen LogP contribution in [0.5, 0.6) is 0 Å². The smallest absolute Gasteiger partial charge is 0.257 e. The Labute approximate surface area is 111 Å². The zero-order valence-corrected chi connectivity index (χ0v) is 10.9. The molecule has 1 amide bonds. The Hall–Kier alpha value is -1.49. The van der Waals surface area contributed by atoms with Crippen molar-refractivity contribution in [3.8, 4) is 0 Å². The molecule has 19 heavy (non-hydrogen) atoms. The van der Waals surface area contributed by atoms with Crippen LogP contribution in [0.15, 0.2) is 18.2 Å². The molecule has 0 spiro atoms. The van der Waals surface area contributed by atoms with Crippen molar-refractivity contribution in [3.63, 3.8) is 0 Å². The number of carbonyl (C=O) groups is 1. The van der Waals surface area contributed by atoms with Crippen LogP contribution in [-0.2, 0) is 0 Å². The van der Waals surface area contributed by atoms with E-state index < -0.39 is 23.1 Å². The molecule has 1 saturated heterocycles. The first-order chi connectivity index (χ1) is 9.08. The fourth-order valence-electron chi connectivity index (χ4n) is 2.27. The maximum absolute atomic E-state index is 13.4. The summed E-state index contributed by atoms with van der Waals surface area (Å²) in [4.78, 5) is 11.8. The highest BCUT2D eigenvalue weighted by Gasteiger charge is 2.20. The minimum atomic E-state index is -0.826.